The molecule has 2 N–H and O–H groups in total. The van der Waals surface area contributed by atoms with Gasteiger partial charge in [0, 0.05) is 29.5 Å². The molecule has 0 fully saturated rings. The SMILES string of the molecule is O=c1[nH]c(O)c(C=C2C=Nc3ccc([N+](=O)[O-])cc32)s1. The van der Waals surface area contributed by atoms with Crippen LogP contribution >= 0.6 is 11.3 Å². The molecule has 3 rings (SSSR count). The van der Waals surface area contributed by atoms with E-state index in [1.165, 1.54) is 18.3 Å². The van der Waals surface area contributed by atoms with Gasteiger partial charge < -0.3 is 5.11 Å². The van der Waals surface area contributed by atoms with Crippen LogP contribution < -0.4 is 4.87 Å². The Morgan fingerprint density at radius 1 is 1.45 bits per heavy atom. The smallest absolute Gasteiger partial charge is 0.307 e. The van der Waals surface area contributed by atoms with Gasteiger partial charge in [-0.2, -0.15) is 0 Å². The summed E-state index contributed by atoms with van der Waals surface area (Å²) in [5.41, 5.74) is 1.78. The van der Waals surface area contributed by atoms with Crippen molar-refractivity contribution in [3.05, 3.63) is 48.4 Å². The lowest BCUT2D eigenvalue weighted by molar-refractivity contribution is -0.384. The van der Waals surface area contributed by atoms with Crippen LogP contribution in [0.1, 0.15) is 10.4 Å². The molecular formula is C12H7N3O4S. The average Bonchev–Trinajstić information content (AvgIpc) is 2.93. The molecule has 1 aromatic carbocycles. The number of benzene rings is 1. The van der Waals surface area contributed by atoms with Crippen LogP contribution in [-0.2, 0) is 0 Å². The molecule has 1 aromatic heterocycles. The summed E-state index contributed by atoms with van der Waals surface area (Å²) in [7, 11) is 0. The minimum atomic E-state index is -0.484. The minimum absolute atomic E-state index is 0.0355. The van der Waals surface area contributed by atoms with E-state index in [-0.39, 0.29) is 16.4 Å². The van der Waals surface area contributed by atoms with E-state index in [4.69, 9.17) is 0 Å². The number of hydrogen-bond acceptors (Lipinski definition) is 6. The molecule has 100 valence electrons. The van der Waals surface area contributed by atoms with Crippen LogP contribution in [0.25, 0.3) is 11.6 Å². The van der Waals surface area contributed by atoms with Crippen molar-refractivity contribution < 1.29 is 10.0 Å². The van der Waals surface area contributed by atoms with Gasteiger partial charge in [-0.3, -0.25) is 24.9 Å². The van der Waals surface area contributed by atoms with Gasteiger partial charge in [0.15, 0.2) is 0 Å². The lowest BCUT2D eigenvalue weighted by atomic mass is 10.1. The second kappa shape index (κ2) is 4.42. The molecule has 0 radical (unpaired) electrons. The first-order valence-corrected chi connectivity index (χ1v) is 6.33. The normalized spacial score (nSPS) is 14.7. The number of aromatic nitrogens is 1. The molecule has 8 heteroatoms. The van der Waals surface area contributed by atoms with Crippen molar-refractivity contribution in [2.75, 3.05) is 0 Å². The van der Waals surface area contributed by atoms with E-state index < -0.39 is 4.92 Å². The molecule has 0 unspecified atom stereocenters. The number of nitro benzene ring substituents is 1. The second-order valence-corrected chi connectivity index (χ2v) is 5.06. The molecule has 0 aliphatic carbocycles. The van der Waals surface area contributed by atoms with E-state index in [1.807, 2.05) is 0 Å². The fourth-order valence-corrected chi connectivity index (χ4v) is 2.56. The molecule has 2 heterocycles. The van der Waals surface area contributed by atoms with Crippen molar-refractivity contribution in [2.45, 2.75) is 0 Å². The number of hydrogen-bond donors (Lipinski definition) is 2. The zero-order valence-electron chi connectivity index (χ0n) is 9.86. The Kier molecular flexibility index (Phi) is 2.72. The monoisotopic (exact) mass is 289 g/mol. The summed E-state index contributed by atoms with van der Waals surface area (Å²) in [5, 5.41) is 20.3. The first-order valence-electron chi connectivity index (χ1n) is 5.51. The van der Waals surface area contributed by atoms with E-state index >= 15 is 0 Å². The first-order chi connectivity index (χ1) is 9.54. The van der Waals surface area contributed by atoms with Crippen LogP contribution in [-0.4, -0.2) is 21.2 Å². The Morgan fingerprint density at radius 3 is 2.90 bits per heavy atom. The van der Waals surface area contributed by atoms with E-state index in [0.717, 1.165) is 11.3 Å². The van der Waals surface area contributed by atoms with E-state index in [0.29, 0.717) is 21.7 Å². The molecule has 7 nitrogen and oxygen atoms in total. The number of fused-ring (bicyclic) bond motifs is 1. The number of H-pyrrole nitrogens is 1. The van der Waals surface area contributed by atoms with Gasteiger partial charge in [-0.05, 0) is 12.1 Å². The molecule has 1 aliphatic heterocycles. The molecule has 0 saturated carbocycles. The maximum Gasteiger partial charge on any atom is 0.307 e. The van der Waals surface area contributed by atoms with Gasteiger partial charge in [-0.1, -0.05) is 11.3 Å². The number of aliphatic imine (C=N–C) groups is 1. The van der Waals surface area contributed by atoms with Crippen LogP contribution in [0, 0.1) is 10.1 Å². The highest BCUT2D eigenvalue weighted by Crippen LogP contribution is 2.36. The van der Waals surface area contributed by atoms with Gasteiger partial charge in [0.25, 0.3) is 5.69 Å². The largest absolute Gasteiger partial charge is 0.493 e. The molecule has 0 bridgehead atoms. The molecule has 2 aromatic rings. The van der Waals surface area contributed by atoms with E-state index in [9.17, 15) is 20.0 Å². The summed E-state index contributed by atoms with van der Waals surface area (Å²) < 4.78 is 0. The summed E-state index contributed by atoms with van der Waals surface area (Å²) in [6.07, 6.45) is 3.11. The zero-order chi connectivity index (χ0) is 14.3. The van der Waals surface area contributed by atoms with Gasteiger partial charge in [0.1, 0.15) is 0 Å². The van der Waals surface area contributed by atoms with Crippen LogP contribution in [0.15, 0.2) is 28.0 Å². The summed E-state index contributed by atoms with van der Waals surface area (Å²) in [4.78, 5) is 27.8. The van der Waals surface area contributed by atoms with Crippen molar-refractivity contribution in [3.63, 3.8) is 0 Å². The number of thiazole rings is 1. The Morgan fingerprint density at radius 2 is 2.25 bits per heavy atom. The maximum atomic E-state index is 11.1. The third-order valence-electron chi connectivity index (χ3n) is 2.79. The Bertz CT molecular complexity index is 831. The zero-order valence-corrected chi connectivity index (χ0v) is 10.7. The Balaban J connectivity index is 2.10. The van der Waals surface area contributed by atoms with Gasteiger partial charge >= 0.3 is 4.87 Å². The number of nitrogens with zero attached hydrogens (tertiary/aromatic N) is 2. The molecule has 0 atom stereocenters. The summed E-state index contributed by atoms with van der Waals surface area (Å²) in [5.74, 6) is -0.222. The van der Waals surface area contributed by atoms with Crippen molar-refractivity contribution in [2.24, 2.45) is 4.99 Å². The fraction of sp³-hybridized carbons (Fsp3) is 0. The van der Waals surface area contributed by atoms with Gasteiger partial charge in [0.05, 0.1) is 15.5 Å². The highest BCUT2D eigenvalue weighted by molar-refractivity contribution is 7.10. The number of nitro groups is 1. The minimum Gasteiger partial charge on any atom is -0.493 e. The number of aromatic hydroxyl groups is 1. The van der Waals surface area contributed by atoms with Crippen LogP contribution in [0.4, 0.5) is 11.4 Å². The highest BCUT2D eigenvalue weighted by atomic mass is 32.1. The van der Waals surface area contributed by atoms with Crippen molar-refractivity contribution in [1.82, 2.24) is 4.98 Å². The molecule has 20 heavy (non-hydrogen) atoms. The predicted octanol–water partition coefficient (Wildman–Crippen LogP) is 2.31. The van der Waals surface area contributed by atoms with Crippen LogP contribution in [0.2, 0.25) is 0 Å². The highest BCUT2D eigenvalue weighted by Gasteiger charge is 2.17. The Labute approximate surface area is 115 Å². The first kappa shape index (κ1) is 12.3. The maximum absolute atomic E-state index is 11.1. The number of nitrogens with one attached hydrogen (secondary N) is 1. The van der Waals surface area contributed by atoms with Gasteiger partial charge in [-0.15, -0.1) is 0 Å². The Hall–Kier alpha value is -2.74. The number of aromatic amines is 1. The average molecular weight is 289 g/mol. The topological polar surface area (TPSA) is 109 Å². The molecular weight excluding hydrogens is 282 g/mol. The van der Waals surface area contributed by atoms with Crippen LogP contribution in [0.3, 0.4) is 0 Å². The number of rotatable bonds is 2. The molecule has 0 saturated heterocycles. The van der Waals surface area contributed by atoms with Crippen molar-refractivity contribution >= 4 is 40.6 Å². The van der Waals surface area contributed by atoms with Crippen LogP contribution in [0.5, 0.6) is 5.88 Å². The second-order valence-electron chi connectivity index (χ2n) is 4.04. The van der Waals surface area contributed by atoms with Gasteiger partial charge in [0.2, 0.25) is 5.88 Å². The molecule has 0 amide bonds. The number of allylic oxidation sites excluding steroid dienone is 1. The standard InChI is InChI=1S/C12H7N3O4S/c16-11-10(20-12(17)14-11)3-6-5-13-9-2-1-7(15(18)19)4-8(6)9/h1-5,16H,(H,14,17). The number of non-ortho nitro benzene ring substituents is 1. The lowest BCUT2D eigenvalue weighted by Gasteiger charge is -1.99. The third-order valence-corrected chi connectivity index (χ3v) is 3.61. The third kappa shape index (κ3) is 2.01. The van der Waals surface area contributed by atoms with E-state index in [1.54, 1.807) is 12.1 Å². The molecule has 0 spiro atoms. The van der Waals surface area contributed by atoms with Crippen molar-refractivity contribution in [3.8, 4) is 5.88 Å². The predicted molar refractivity (Wildman–Crippen MR) is 75.7 cm³/mol. The summed E-state index contributed by atoms with van der Waals surface area (Å²) >= 11 is 0.853. The van der Waals surface area contributed by atoms with Crippen molar-refractivity contribution in [1.29, 1.82) is 0 Å². The fourth-order valence-electron chi connectivity index (χ4n) is 1.88. The van der Waals surface area contributed by atoms with Gasteiger partial charge in [-0.25, -0.2) is 0 Å². The molecule has 1 aliphatic rings. The van der Waals surface area contributed by atoms with E-state index in [2.05, 4.69) is 9.98 Å². The summed E-state index contributed by atoms with van der Waals surface area (Å²) in [6, 6.07) is 4.36. The summed E-state index contributed by atoms with van der Waals surface area (Å²) in [6.45, 7) is 0. The lowest BCUT2D eigenvalue weighted by Crippen LogP contribution is -1.89. The quantitative estimate of drug-likeness (QED) is 0.653.